The highest BCUT2D eigenvalue weighted by Crippen LogP contribution is 2.41. The molecule has 41 heavy (non-hydrogen) atoms. The van der Waals surface area contributed by atoms with Crippen LogP contribution in [0.3, 0.4) is 0 Å². The van der Waals surface area contributed by atoms with E-state index < -0.39 is 0 Å². The molecule has 3 heterocycles. The van der Waals surface area contributed by atoms with E-state index >= 15 is 0 Å². The van der Waals surface area contributed by atoms with Crippen molar-refractivity contribution >= 4 is 64.3 Å². The van der Waals surface area contributed by atoms with Crippen LogP contribution in [0.2, 0.25) is 0 Å². The molecular formula is C38H24N2S. The fraction of sp³-hybridized carbons (Fsp3) is 0. The average molecular weight is 541 g/mol. The Bertz CT molecular complexity index is 2400. The van der Waals surface area contributed by atoms with Gasteiger partial charge in [0.15, 0.2) is 0 Å². The van der Waals surface area contributed by atoms with Crippen molar-refractivity contribution in [1.82, 2.24) is 9.13 Å². The molecular weight excluding hydrogens is 516 g/mol. The molecule has 192 valence electrons. The number of aromatic nitrogens is 2. The zero-order chi connectivity index (χ0) is 26.9. The molecule has 0 unspecified atom stereocenters. The summed E-state index contributed by atoms with van der Waals surface area (Å²) in [6, 6.07) is 52.9. The average Bonchev–Trinajstić information content (AvgIpc) is 3.69. The lowest BCUT2D eigenvalue weighted by Gasteiger charge is -2.13. The van der Waals surface area contributed by atoms with Crippen LogP contribution in [0.5, 0.6) is 0 Å². The molecule has 9 aromatic rings. The van der Waals surface area contributed by atoms with Crippen LogP contribution >= 0.6 is 11.3 Å². The summed E-state index contributed by atoms with van der Waals surface area (Å²) < 4.78 is 7.51. The second-order valence-electron chi connectivity index (χ2n) is 10.6. The fourth-order valence-corrected chi connectivity index (χ4v) is 7.59. The van der Waals surface area contributed by atoms with Gasteiger partial charge >= 0.3 is 0 Å². The number of fused-ring (bicyclic) bond motifs is 8. The fourth-order valence-electron chi connectivity index (χ4n) is 6.51. The standard InChI is InChI=1S/C38H24N2S/c1-2-10-27(11-3-1)39-33-15-7-4-13-30(33)37-31-14-5-8-16-34(31)40(38(37)39)28-21-18-25(19-22-28)26-20-23-36-32(24-26)29-12-6-9-17-35(29)41-36/h1-24H. The lowest BCUT2D eigenvalue weighted by atomic mass is 10.0. The third-order valence-electron chi connectivity index (χ3n) is 8.33. The number of benzene rings is 6. The van der Waals surface area contributed by atoms with Crippen LogP contribution in [0.4, 0.5) is 0 Å². The Labute approximate surface area is 240 Å². The molecule has 0 aliphatic carbocycles. The van der Waals surface area contributed by atoms with Crippen LogP contribution < -0.4 is 0 Å². The minimum Gasteiger partial charge on any atom is -0.295 e. The Morgan fingerprint density at radius 1 is 0.390 bits per heavy atom. The monoisotopic (exact) mass is 540 g/mol. The van der Waals surface area contributed by atoms with E-state index in [4.69, 9.17) is 0 Å². The van der Waals surface area contributed by atoms with Crippen molar-refractivity contribution in [2.75, 3.05) is 0 Å². The summed E-state index contributed by atoms with van der Waals surface area (Å²) in [7, 11) is 0. The molecule has 3 aromatic heterocycles. The van der Waals surface area contributed by atoms with Crippen molar-refractivity contribution in [2.24, 2.45) is 0 Å². The maximum absolute atomic E-state index is 2.43. The molecule has 0 bridgehead atoms. The van der Waals surface area contributed by atoms with Gasteiger partial charge in [-0.25, -0.2) is 0 Å². The summed E-state index contributed by atoms with van der Waals surface area (Å²) in [5.41, 5.74) is 8.41. The van der Waals surface area contributed by atoms with Gasteiger partial charge in [0.05, 0.1) is 11.0 Å². The minimum absolute atomic E-state index is 1.15. The largest absolute Gasteiger partial charge is 0.295 e. The van der Waals surface area contributed by atoms with Gasteiger partial charge in [-0.05, 0) is 65.7 Å². The molecule has 2 nitrogen and oxygen atoms in total. The van der Waals surface area contributed by atoms with E-state index in [1.165, 1.54) is 64.1 Å². The zero-order valence-electron chi connectivity index (χ0n) is 22.2. The Morgan fingerprint density at radius 2 is 0.927 bits per heavy atom. The molecule has 0 atom stereocenters. The Hall–Kier alpha value is -5.12. The first-order valence-corrected chi connectivity index (χ1v) is 14.8. The highest BCUT2D eigenvalue weighted by molar-refractivity contribution is 7.25. The molecule has 6 aromatic carbocycles. The van der Waals surface area contributed by atoms with Gasteiger partial charge in [-0.2, -0.15) is 0 Å². The lowest BCUT2D eigenvalue weighted by Crippen LogP contribution is -2.01. The van der Waals surface area contributed by atoms with Gasteiger partial charge in [-0.15, -0.1) is 11.3 Å². The summed E-state index contributed by atoms with van der Waals surface area (Å²) >= 11 is 1.86. The van der Waals surface area contributed by atoms with Gasteiger partial charge in [0.25, 0.3) is 0 Å². The van der Waals surface area contributed by atoms with Crippen LogP contribution in [-0.4, -0.2) is 9.13 Å². The molecule has 0 aliphatic rings. The van der Waals surface area contributed by atoms with E-state index in [1.54, 1.807) is 0 Å². The highest BCUT2D eigenvalue weighted by Gasteiger charge is 2.21. The molecule has 0 fully saturated rings. The Kier molecular flexibility index (Phi) is 4.80. The quantitative estimate of drug-likeness (QED) is 0.211. The van der Waals surface area contributed by atoms with E-state index in [2.05, 4.69) is 155 Å². The predicted molar refractivity (Wildman–Crippen MR) is 176 cm³/mol. The molecule has 0 saturated heterocycles. The number of hydrogen-bond donors (Lipinski definition) is 0. The highest BCUT2D eigenvalue weighted by atomic mass is 32.1. The summed E-state index contributed by atoms with van der Waals surface area (Å²) in [6.45, 7) is 0. The number of para-hydroxylation sites is 3. The van der Waals surface area contributed by atoms with Gasteiger partial charge in [-0.3, -0.25) is 9.13 Å². The van der Waals surface area contributed by atoms with E-state index in [9.17, 15) is 0 Å². The lowest BCUT2D eigenvalue weighted by molar-refractivity contribution is 1.07. The van der Waals surface area contributed by atoms with Crippen molar-refractivity contribution in [2.45, 2.75) is 0 Å². The third-order valence-corrected chi connectivity index (χ3v) is 9.48. The van der Waals surface area contributed by atoms with Crippen LogP contribution in [0, 0.1) is 0 Å². The van der Waals surface area contributed by atoms with Crippen LogP contribution in [-0.2, 0) is 0 Å². The molecule has 0 aliphatic heterocycles. The summed E-state index contributed by atoms with van der Waals surface area (Å²) in [5.74, 6) is 0. The topological polar surface area (TPSA) is 9.86 Å². The van der Waals surface area contributed by atoms with Gasteiger partial charge < -0.3 is 0 Å². The third kappa shape index (κ3) is 3.30. The normalized spacial score (nSPS) is 11.9. The first-order chi connectivity index (χ1) is 20.3. The van der Waals surface area contributed by atoms with Crippen LogP contribution in [0.15, 0.2) is 146 Å². The van der Waals surface area contributed by atoms with Crippen molar-refractivity contribution in [3.8, 4) is 22.5 Å². The molecule has 9 rings (SSSR count). The van der Waals surface area contributed by atoms with E-state index in [0.717, 1.165) is 11.4 Å². The molecule has 0 saturated carbocycles. The first-order valence-electron chi connectivity index (χ1n) is 14.0. The number of nitrogens with zero attached hydrogens (tertiary/aromatic N) is 2. The summed E-state index contributed by atoms with van der Waals surface area (Å²) in [6.07, 6.45) is 0. The Morgan fingerprint density at radius 3 is 1.63 bits per heavy atom. The second kappa shape index (κ2) is 8.69. The van der Waals surface area contributed by atoms with Crippen LogP contribution in [0.1, 0.15) is 0 Å². The van der Waals surface area contributed by atoms with Crippen molar-refractivity contribution < 1.29 is 0 Å². The van der Waals surface area contributed by atoms with Gasteiger partial charge in [0, 0.05) is 47.7 Å². The van der Waals surface area contributed by atoms with Gasteiger partial charge in [-0.1, -0.05) is 91.0 Å². The summed E-state index contributed by atoms with van der Waals surface area (Å²) in [5, 5.41) is 6.50. The van der Waals surface area contributed by atoms with Gasteiger partial charge in [0.1, 0.15) is 5.65 Å². The maximum atomic E-state index is 2.43. The molecule has 0 spiro atoms. The van der Waals surface area contributed by atoms with E-state index in [1.807, 2.05) is 11.3 Å². The molecule has 0 radical (unpaired) electrons. The number of thiophene rings is 1. The summed E-state index contributed by atoms with van der Waals surface area (Å²) in [4.78, 5) is 0. The number of rotatable bonds is 3. The SMILES string of the molecule is c1ccc(-n2c3ccccc3c3c4ccccc4n(-c4ccc(-c5ccc6sc7ccccc7c6c5)cc4)c32)cc1. The van der Waals surface area contributed by atoms with Crippen molar-refractivity contribution in [1.29, 1.82) is 0 Å². The van der Waals surface area contributed by atoms with Crippen molar-refractivity contribution in [3.05, 3.63) is 146 Å². The molecule has 0 amide bonds. The molecule has 3 heteroatoms. The van der Waals surface area contributed by atoms with Crippen molar-refractivity contribution in [3.63, 3.8) is 0 Å². The Balaban J connectivity index is 1.28. The van der Waals surface area contributed by atoms with Crippen LogP contribution in [0.25, 0.3) is 75.5 Å². The number of hydrogen-bond acceptors (Lipinski definition) is 1. The van der Waals surface area contributed by atoms with E-state index in [-0.39, 0.29) is 0 Å². The molecule has 0 N–H and O–H groups in total. The zero-order valence-corrected chi connectivity index (χ0v) is 23.0. The maximum Gasteiger partial charge on any atom is 0.131 e. The van der Waals surface area contributed by atoms with E-state index in [0.29, 0.717) is 0 Å². The predicted octanol–water partition coefficient (Wildman–Crippen LogP) is 10.8. The second-order valence-corrected chi connectivity index (χ2v) is 11.7. The smallest absolute Gasteiger partial charge is 0.131 e. The van der Waals surface area contributed by atoms with Gasteiger partial charge in [0.2, 0.25) is 0 Å². The minimum atomic E-state index is 1.15. The first kappa shape index (κ1) is 22.7.